The lowest BCUT2D eigenvalue weighted by Crippen LogP contribution is -2.43. The number of hydrogen-bond donors (Lipinski definition) is 1. The van der Waals surface area contributed by atoms with Crippen molar-refractivity contribution in [1.82, 2.24) is 4.90 Å². The van der Waals surface area contributed by atoms with E-state index in [2.05, 4.69) is 41.3 Å². The molecule has 0 heterocycles. The van der Waals surface area contributed by atoms with Crippen molar-refractivity contribution in [2.24, 2.45) is 0 Å². The van der Waals surface area contributed by atoms with Crippen LogP contribution in [0.3, 0.4) is 0 Å². The molecule has 0 saturated heterocycles. The largest absolute Gasteiger partial charge is 0.392 e. The van der Waals surface area contributed by atoms with Crippen molar-refractivity contribution >= 4 is 0 Å². The molecule has 0 aliphatic carbocycles. The molecule has 134 valence electrons. The molecular weight excluding hydrogens is 318 g/mol. The zero-order valence-corrected chi connectivity index (χ0v) is 15.0. The van der Waals surface area contributed by atoms with Crippen molar-refractivity contribution in [2.75, 3.05) is 0 Å². The molecule has 0 radical (unpaired) electrons. The summed E-state index contributed by atoms with van der Waals surface area (Å²) >= 11 is 0. The van der Waals surface area contributed by atoms with E-state index in [4.69, 9.17) is 1.37 Å². The molecule has 1 N–H and O–H groups in total. The third-order valence-corrected chi connectivity index (χ3v) is 4.66. The molecule has 3 rings (SSSR count). The molecule has 0 bridgehead atoms. The highest BCUT2D eigenvalue weighted by Gasteiger charge is 2.24. The molecule has 3 aromatic rings. The van der Waals surface area contributed by atoms with E-state index < -0.39 is 6.10 Å². The van der Waals surface area contributed by atoms with Gasteiger partial charge in [-0.1, -0.05) is 91.0 Å². The van der Waals surface area contributed by atoms with Gasteiger partial charge in [0.1, 0.15) is 0 Å². The lowest BCUT2D eigenvalue weighted by Gasteiger charge is -2.34. The van der Waals surface area contributed by atoms with Crippen LogP contribution in [0, 0.1) is 0 Å². The van der Waals surface area contributed by atoms with Gasteiger partial charge in [0.25, 0.3) is 0 Å². The average Bonchev–Trinajstić information content (AvgIpc) is 2.73. The van der Waals surface area contributed by atoms with Crippen LogP contribution in [0.4, 0.5) is 0 Å². The molecule has 2 nitrogen and oxygen atoms in total. The molecule has 26 heavy (non-hydrogen) atoms. The monoisotopic (exact) mass is 346 g/mol. The van der Waals surface area contributed by atoms with Gasteiger partial charge in [-0.2, -0.15) is 0 Å². The molecule has 0 saturated carbocycles. The van der Waals surface area contributed by atoms with Crippen LogP contribution < -0.4 is 0 Å². The van der Waals surface area contributed by atoms with Crippen LogP contribution in [-0.2, 0) is 19.5 Å². The lowest BCUT2D eigenvalue weighted by molar-refractivity contribution is 0.0506. The number of aliphatic hydroxyl groups is 1. The maximum atomic E-state index is 10.7. The van der Waals surface area contributed by atoms with Crippen LogP contribution >= 0.6 is 0 Å². The van der Waals surface area contributed by atoms with Crippen LogP contribution in [-0.4, -0.2) is 22.2 Å². The summed E-state index contributed by atoms with van der Waals surface area (Å²) < 4.78 is 7.78. The summed E-state index contributed by atoms with van der Waals surface area (Å²) in [5.41, 5.74) is 3.61. The predicted molar refractivity (Wildman–Crippen MR) is 108 cm³/mol. The fourth-order valence-electron chi connectivity index (χ4n) is 3.29. The number of nitrogens with zero attached hydrogens (tertiary/aromatic N) is 1. The fraction of sp³-hybridized carbons (Fsp3) is 0.250. The van der Waals surface area contributed by atoms with Gasteiger partial charge in [-0.05, 0) is 30.0 Å². The van der Waals surface area contributed by atoms with Crippen LogP contribution in [0.25, 0.3) is 0 Å². The van der Waals surface area contributed by atoms with Crippen molar-refractivity contribution in [3.8, 4) is 0 Å². The number of aliphatic hydroxyl groups excluding tert-OH is 1. The Labute approximate surface area is 158 Å². The van der Waals surface area contributed by atoms with Gasteiger partial charge < -0.3 is 5.11 Å². The van der Waals surface area contributed by atoms with Gasteiger partial charge in [-0.3, -0.25) is 4.90 Å². The molecule has 0 aromatic heterocycles. The summed E-state index contributed by atoms with van der Waals surface area (Å²) in [6.07, 6.45) is 0.0261. The third-order valence-electron chi connectivity index (χ3n) is 4.66. The number of benzene rings is 3. The lowest BCUT2D eigenvalue weighted by atomic mass is 9.99. The van der Waals surface area contributed by atoms with Gasteiger partial charge in [0.15, 0.2) is 0 Å². The van der Waals surface area contributed by atoms with E-state index in [0.717, 1.165) is 19.5 Å². The van der Waals surface area contributed by atoms with Crippen molar-refractivity contribution in [1.29, 1.82) is 0 Å². The zero-order chi connectivity index (χ0) is 18.9. The topological polar surface area (TPSA) is 23.5 Å². The summed E-state index contributed by atoms with van der Waals surface area (Å²) in [6, 6.07) is 30.8. The maximum absolute atomic E-state index is 10.7. The van der Waals surface area contributed by atoms with Crippen molar-refractivity contribution in [3.63, 3.8) is 0 Å². The summed E-state index contributed by atoms with van der Waals surface area (Å²) in [4.78, 5) is 2.30. The van der Waals surface area contributed by atoms with Gasteiger partial charge in [0, 0.05) is 20.5 Å². The summed E-state index contributed by atoms with van der Waals surface area (Å²) in [5.74, 6) is 0. The Bertz CT molecular complexity index is 738. The smallest absolute Gasteiger partial charge is 0.0670 e. The highest BCUT2D eigenvalue weighted by Crippen LogP contribution is 2.19. The molecule has 0 spiro atoms. The van der Waals surface area contributed by atoms with Gasteiger partial charge in [0.05, 0.1) is 6.10 Å². The van der Waals surface area contributed by atoms with Crippen LogP contribution in [0.15, 0.2) is 91.0 Å². The molecule has 2 atom stereocenters. The second-order valence-corrected chi connectivity index (χ2v) is 6.70. The van der Waals surface area contributed by atoms with E-state index in [1.54, 1.807) is 0 Å². The van der Waals surface area contributed by atoms with Crippen LogP contribution in [0.2, 0.25) is 0 Å². The summed E-state index contributed by atoms with van der Waals surface area (Å²) in [5, 5.41) is 10.7. The first-order valence-electron chi connectivity index (χ1n) is 9.80. The Morgan fingerprint density at radius 2 is 1.15 bits per heavy atom. The second kappa shape index (κ2) is 9.33. The summed E-state index contributed by atoms with van der Waals surface area (Å²) in [7, 11) is 0. The molecule has 0 amide bonds. The molecule has 2 heteroatoms. The minimum absolute atomic E-state index is 0.00240. The molecule has 0 unspecified atom stereocenters. The minimum atomic E-state index is -0.697. The van der Waals surface area contributed by atoms with Gasteiger partial charge in [-0.15, -0.1) is 0 Å². The Kier molecular flexibility index (Phi) is 6.10. The Morgan fingerprint density at radius 3 is 1.58 bits per heavy atom. The van der Waals surface area contributed by atoms with E-state index >= 15 is 0 Å². The van der Waals surface area contributed by atoms with E-state index in [1.807, 2.05) is 54.6 Å². The summed E-state index contributed by atoms with van der Waals surface area (Å²) in [6.45, 7) is 1.48. The van der Waals surface area contributed by atoms with E-state index in [-0.39, 0.29) is 12.9 Å². The minimum Gasteiger partial charge on any atom is -0.392 e. The SMILES string of the molecule is [2H]C[C@H](O)[C@H](Cc1ccccc1)N(Cc1ccccc1)Cc1ccccc1. The molecular formula is C24H27NO. The third kappa shape index (κ3) is 5.29. The standard InChI is InChI=1S/C24H27NO/c1-20(26)24(17-21-11-5-2-6-12-21)25(18-22-13-7-3-8-14-22)19-23-15-9-4-10-16-23/h2-16,20,24,26H,17-19H2,1H3/t20-,24-/m0/s1/i1D. The number of rotatable bonds is 8. The van der Waals surface area contributed by atoms with Crippen LogP contribution in [0.5, 0.6) is 0 Å². The first-order chi connectivity index (χ1) is 13.3. The Hall–Kier alpha value is -2.42. The normalized spacial score (nSPS) is 14.0. The Morgan fingerprint density at radius 1 is 0.731 bits per heavy atom. The van der Waals surface area contributed by atoms with Crippen molar-refractivity contribution in [3.05, 3.63) is 108 Å². The number of hydrogen-bond acceptors (Lipinski definition) is 2. The van der Waals surface area contributed by atoms with E-state index in [9.17, 15) is 5.11 Å². The van der Waals surface area contributed by atoms with Gasteiger partial charge in [-0.25, -0.2) is 0 Å². The van der Waals surface area contributed by atoms with Crippen LogP contribution in [0.1, 0.15) is 25.0 Å². The molecule has 3 aromatic carbocycles. The quantitative estimate of drug-likeness (QED) is 0.640. The molecule has 0 aliphatic rings. The zero-order valence-electron chi connectivity index (χ0n) is 16.0. The average molecular weight is 346 g/mol. The fourth-order valence-corrected chi connectivity index (χ4v) is 3.29. The highest BCUT2D eigenvalue weighted by molar-refractivity contribution is 5.20. The van der Waals surface area contributed by atoms with E-state index in [1.165, 1.54) is 16.7 Å². The molecule has 0 fully saturated rings. The first kappa shape index (κ1) is 17.0. The van der Waals surface area contributed by atoms with Gasteiger partial charge in [0.2, 0.25) is 0 Å². The first-order valence-corrected chi connectivity index (χ1v) is 9.09. The van der Waals surface area contributed by atoms with E-state index in [0.29, 0.717) is 0 Å². The predicted octanol–water partition coefficient (Wildman–Crippen LogP) is 4.68. The molecule has 0 aliphatic heterocycles. The Balaban J connectivity index is 1.88. The second-order valence-electron chi connectivity index (χ2n) is 6.70. The van der Waals surface area contributed by atoms with Crippen molar-refractivity contribution < 1.29 is 6.48 Å². The highest BCUT2D eigenvalue weighted by atomic mass is 16.3. The van der Waals surface area contributed by atoms with Crippen molar-refractivity contribution in [2.45, 2.75) is 38.6 Å². The van der Waals surface area contributed by atoms with Gasteiger partial charge >= 0.3 is 0 Å². The maximum Gasteiger partial charge on any atom is 0.0670 e.